The van der Waals surface area contributed by atoms with Gasteiger partial charge in [0, 0.05) is 46.8 Å². The fraction of sp³-hybridized carbons (Fsp3) is 0.846. The molecule has 0 N–H and O–H groups in total. The normalized spacial score (nSPS) is 19.5. The van der Waals surface area contributed by atoms with Crippen molar-refractivity contribution in [2.45, 2.75) is 25.8 Å². The van der Waals surface area contributed by atoms with Crippen molar-refractivity contribution in [3.05, 3.63) is 0 Å². The Kier molecular flexibility index (Phi) is 6.31. The predicted molar refractivity (Wildman–Crippen MR) is 81.0 cm³/mol. The molecule has 9 heteroatoms. The Morgan fingerprint density at radius 1 is 1.36 bits per heavy atom. The van der Waals surface area contributed by atoms with Crippen LogP contribution in [-0.2, 0) is 19.7 Å². The second-order valence-corrected chi connectivity index (χ2v) is 7.52. The van der Waals surface area contributed by atoms with E-state index in [4.69, 9.17) is 10.00 Å². The van der Waals surface area contributed by atoms with Crippen LogP contribution in [0.25, 0.3) is 0 Å². The molecule has 1 aliphatic heterocycles. The van der Waals surface area contributed by atoms with Crippen LogP contribution in [0, 0.1) is 11.3 Å². The lowest BCUT2D eigenvalue weighted by Gasteiger charge is -2.45. The Labute approximate surface area is 132 Å². The lowest BCUT2D eigenvalue weighted by atomic mass is 10.0. The highest BCUT2D eigenvalue weighted by atomic mass is 32.2. The van der Waals surface area contributed by atoms with E-state index in [0.29, 0.717) is 6.54 Å². The number of piperazine rings is 1. The van der Waals surface area contributed by atoms with E-state index in [0.717, 1.165) is 0 Å². The van der Waals surface area contributed by atoms with E-state index in [2.05, 4.69) is 0 Å². The van der Waals surface area contributed by atoms with Crippen molar-refractivity contribution in [3.8, 4) is 6.07 Å². The number of likely N-dealkylation sites (N-methyl/N-ethyl adjacent to an activating group) is 1. The molecular formula is C13H24N4O4S. The summed E-state index contributed by atoms with van der Waals surface area (Å²) in [7, 11) is -0.701. The van der Waals surface area contributed by atoms with Gasteiger partial charge in [-0.1, -0.05) is 0 Å². The number of nitrogens with zero attached hydrogens (tertiary/aromatic N) is 4. The monoisotopic (exact) mass is 332 g/mol. The van der Waals surface area contributed by atoms with Crippen LogP contribution in [0.5, 0.6) is 0 Å². The van der Waals surface area contributed by atoms with E-state index in [1.165, 1.54) is 20.6 Å². The number of carbonyl (C=O) groups is 1. The minimum Gasteiger partial charge on any atom is -0.383 e. The number of hydrogen-bond donors (Lipinski definition) is 0. The Morgan fingerprint density at radius 2 is 2.00 bits per heavy atom. The van der Waals surface area contributed by atoms with Gasteiger partial charge < -0.3 is 9.64 Å². The number of nitriles is 1. The molecule has 1 saturated heterocycles. The first-order valence-electron chi connectivity index (χ1n) is 7.09. The molecule has 0 saturated carbocycles. The lowest BCUT2D eigenvalue weighted by molar-refractivity contribution is -0.142. The molecule has 0 spiro atoms. The average Bonchev–Trinajstić information content (AvgIpc) is 2.44. The molecule has 0 radical (unpaired) electrons. The van der Waals surface area contributed by atoms with Gasteiger partial charge in [-0.15, -0.1) is 0 Å². The molecule has 1 aliphatic rings. The molecule has 0 atom stereocenters. The van der Waals surface area contributed by atoms with Gasteiger partial charge in [-0.2, -0.15) is 22.3 Å². The summed E-state index contributed by atoms with van der Waals surface area (Å²) in [5.41, 5.74) is -1.15. The van der Waals surface area contributed by atoms with Gasteiger partial charge >= 0.3 is 0 Å². The summed E-state index contributed by atoms with van der Waals surface area (Å²) in [6.07, 6.45) is 0.0884. The van der Waals surface area contributed by atoms with Gasteiger partial charge in [0.1, 0.15) is 5.54 Å². The maximum Gasteiger partial charge on any atom is 0.283 e. The predicted octanol–water partition coefficient (Wildman–Crippen LogP) is -0.354. The average molecular weight is 332 g/mol. The van der Waals surface area contributed by atoms with Crippen LogP contribution in [0.2, 0.25) is 0 Å². The smallest absolute Gasteiger partial charge is 0.283 e. The van der Waals surface area contributed by atoms with Crippen molar-refractivity contribution in [2.24, 2.45) is 0 Å². The zero-order valence-electron chi connectivity index (χ0n) is 13.6. The van der Waals surface area contributed by atoms with E-state index in [9.17, 15) is 13.2 Å². The van der Waals surface area contributed by atoms with Gasteiger partial charge in [0.15, 0.2) is 0 Å². The van der Waals surface area contributed by atoms with Gasteiger partial charge in [-0.05, 0) is 13.8 Å². The van der Waals surface area contributed by atoms with Crippen LogP contribution >= 0.6 is 0 Å². The largest absolute Gasteiger partial charge is 0.383 e. The quantitative estimate of drug-likeness (QED) is 0.635. The highest BCUT2D eigenvalue weighted by molar-refractivity contribution is 7.86. The maximum atomic E-state index is 12.9. The standard InChI is InChI=1S/C13H24N4O4S/c1-13(2)12(18)15(3)8-9-17(13)22(19,20)16(7-5-6-14)10-11-21-4/h5,7-11H2,1-4H3. The minimum atomic E-state index is -3.84. The summed E-state index contributed by atoms with van der Waals surface area (Å²) in [5, 5.41) is 8.72. The minimum absolute atomic E-state index is 0.0821. The van der Waals surface area contributed by atoms with Crippen LogP contribution in [0.4, 0.5) is 0 Å². The maximum absolute atomic E-state index is 12.9. The van der Waals surface area contributed by atoms with Crippen molar-refractivity contribution < 1.29 is 17.9 Å². The van der Waals surface area contributed by atoms with Gasteiger partial charge in [-0.25, -0.2) is 0 Å². The molecule has 0 aromatic carbocycles. The summed E-state index contributed by atoms with van der Waals surface area (Å²) in [5.74, 6) is -0.241. The van der Waals surface area contributed by atoms with Crippen molar-refractivity contribution in [3.63, 3.8) is 0 Å². The first-order chi connectivity index (χ1) is 10.2. The zero-order valence-corrected chi connectivity index (χ0v) is 14.4. The van der Waals surface area contributed by atoms with E-state index < -0.39 is 15.7 Å². The number of hydrogen-bond acceptors (Lipinski definition) is 5. The molecule has 126 valence electrons. The first-order valence-corrected chi connectivity index (χ1v) is 8.48. The van der Waals surface area contributed by atoms with E-state index in [1.807, 2.05) is 6.07 Å². The fourth-order valence-corrected chi connectivity index (χ4v) is 4.32. The summed E-state index contributed by atoms with van der Waals surface area (Å²) in [6.45, 7) is 4.23. The summed E-state index contributed by atoms with van der Waals surface area (Å²) >= 11 is 0. The molecule has 0 aromatic rings. The third-order valence-corrected chi connectivity index (χ3v) is 5.97. The van der Waals surface area contributed by atoms with Crippen molar-refractivity contribution in [1.82, 2.24) is 13.5 Å². The van der Waals surface area contributed by atoms with E-state index in [1.54, 1.807) is 20.9 Å². The molecule has 0 bridgehead atoms. The highest BCUT2D eigenvalue weighted by Crippen LogP contribution is 2.26. The highest BCUT2D eigenvalue weighted by Gasteiger charge is 2.48. The van der Waals surface area contributed by atoms with Gasteiger partial charge in [0.2, 0.25) is 5.91 Å². The summed E-state index contributed by atoms with van der Waals surface area (Å²) in [4.78, 5) is 13.8. The van der Waals surface area contributed by atoms with Crippen molar-refractivity contribution in [1.29, 1.82) is 5.26 Å². The molecule has 1 amide bonds. The van der Waals surface area contributed by atoms with Crippen molar-refractivity contribution >= 4 is 16.1 Å². The molecule has 1 fully saturated rings. The number of ether oxygens (including phenoxy) is 1. The fourth-order valence-electron chi connectivity index (χ4n) is 2.45. The molecule has 8 nitrogen and oxygen atoms in total. The molecule has 0 aliphatic carbocycles. The van der Waals surface area contributed by atoms with Gasteiger partial charge in [0.05, 0.1) is 12.7 Å². The van der Waals surface area contributed by atoms with Crippen LogP contribution in [-0.4, -0.2) is 80.3 Å². The Hall–Kier alpha value is -1.21. The first kappa shape index (κ1) is 18.8. The molecule has 1 rings (SSSR count). The van der Waals surface area contributed by atoms with E-state index in [-0.39, 0.29) is 38.6 Å². The molecular weight excluding hydrogens is 308 g/mol. The molecule has 0 unspecified atom stereocenters. The Balaban J connectivity index is 3.07. The Morgan fingerprint density at radius 3 is 2.55 bits per heavy atom. The molecule has 0 aromatic heterocycles. The summed E-state index contributed by atoms with van der Waals surface area (Å²) < 4.78 is 33.1. The Bertz CT molecular complexity index is 541. The number of rotatable bonds is 7. The van der Waals surface area contributed by atoms with Crippen molar-refractivity contribution in [2.75, 3.05) is 46.9 Å². The van der Waals surface area contributed by atoms with Gasteiger partial charge in [0.25, 0.3) is 10.2 Å². The van der Waals surface area contributed by atoms with E-state index >= 15 is 0 Å². The second-order valence-electron chi connectivity index (χ2n) is 5.67. The topological polar surface area (TPSA) is 93.9 Å². The van der Waals surface area contributed by atoms with Crippen LogP contribution in [0.3, 0.4) is 0 Å². The third-order valence-electron chi connectivity index (χ3n) is 3.75. The SMILES string of the molecule is COCCN(CCC#N)S(=O)(=O)N1CCN(C)C(=O)C1(C)C. The lowest BCUT2D eigenvalue weighted by Crippen LogP contribution is -2.65. The van der Waals surface area contributed by atoms with Crippen LogP contribution in [0.15, 0.2) is 0 Å². The van der Waals surface area contributed by atoms with Crippen LogP contribution < -0.4 is 0 Å². The number of amides is 1. The zero-order chi connectivity index (χ0) is 17.0. The number of carbonyl (C=O) groups excluding carboxylic acids is 1. The van der Waals surface area contributed by atoms with Crippen LogP contribution in [0.1, 0.15) is 20.3 Å². The third kappa shape index (κ3) is 3.76. The number of methoxy groups -OCH3 is 1. The summed E-state index contributed by atoms with van der Waals surface area (Å²) in [6, 6.07) is 1.95. The molecule has 1 heterocycles. The molecule has 22 heavy (non-hydrogen) atoms. The second kappa shape index (κ2) is 7.37. The van der Waals surface area contributed by atoms with Gasteiger partial charge in [-0.3, -0.25) is 4.79 Å².